The van der Waals surface area contributed by atoms with E-state index in [1.807, 2.05) is 19.1 Å². The van der Waals surface area contributed by atoms with Crippen molar-refractivity contribution in [2.24, 2.45) is 0 Å². The molecule has 2 N–H and O–H groups in total. The zero-order chi connectivity index (χ0) is 19.9. The molecule has 2 heterocycles. The summed E-state index contributed by atoms with van der Waals surface area (Å²) >= 11 is 6.02. The van der Waals surface area contributed by atoms with Crippen molar-refractivity contribution >= 4 is 38.0 Å². The molecule has 3 aromatic rings. The number of aromatic amines is 1. The fourth-order valence-electron chi connectivity index (χ4n) is 3.64. The number of aryl methyl sites for hydroxylation is 1. The number of benzene rings is 2. The Morgan fingerprint density at radius 2 is 1.86 bits per heavy atom. The molecule has 1 fully saturated rings. The van der Waals surface area contributed by atoms with Crippen LogP contribution in [0.15, 0.2) is 52.4 Å². The van der Waals surface area contributed by atoms with Gasteiger partial charge in [0.2, 0.25) is 9.84 Å². The molecule has 0 unspecified atom stereocenters. The van der Waals surface area contributed by atoms with Gasteiger partial charge in [-0.2, -0.15) is 0 Å². The van der Waals surface area contributed by atoms with Crippen LogP contribution in [-0.2, 0) is 9.84 Å². The van der Waals surface area contributed by atoms with E-state index in [4.69, 9.17) is 11.6 Å². The number of sulfone groups is 1. The summed E-state index contributed by atoms with van der Waals surface area (Å²) in [5.74, 6) is 0. The minimum absolute atomic E-state index is 0.180. The molecule has 148 valence electrons. The minimum atomic E-state index is -3.65. The van der Waals surface area contributed by atoms with E-state index in [9.17, 15) is 8.42 Å². The Morgan fingerprint density at radius 3 is 2.61 bits per heavy atom. The number of anilines is 1. The Bertz CT molecular complexity index is 1120. The molecular formula is C21H24ClN3O2S. The van der Waals surface area contributed by atoms with Crippen LogP contribution in [0.4, 0.5) is 5.69 Å². The fourth-order valence-corrected chi connectivity index (χ4v) is 5.11. The summed E-state index contributed by atoms with van der Waals surface area (Å²) < 4.78 is 26.4. The van der Waals surface area contributed by atoms with Crippen LogP contribution in [0.2, 0.25) is 5.02 Å². The van der Waals surface area contributed by atoms with E-state index in [0.717, 1.165) is 42.6 Å². The second kappa shape index (κ2) is 7.43. The second-order valence-corrected chi connectivity index (χ2v) is 9.92. The topological polar surface area (TPSA) is 65.2 Å². The van der Waals surface area contributed by atoms with Gasteiger partial charge in [-0.15, -0.1) is 0 Å². The molecule has 5 nitrogen and oxygen atoms in total. The van der Waals surface area contributed by atoms with Gasteiger partial charge in [-0.25, -0.2) is 8.42 Å². The third-order valence-electron chi connectivity index (χ3n) is 5.45. The molecule has 1 aliphatic heterocycles. The SMILES string of the molecule is Cc1ccc(S(=O)(=O)c2cc3ccc(Cl)cc3[nH]2)cc1NC1CCN(C)CC1. The number of H-pyrrole nitrogens is 1. The predicted molar refractivity (Wildman–Crippen MR) is 114 cm³/mol. The van der Waals surface area contributed by atoms with Crippen LogP contribution in [0.5, 0.6) is 0 Å². The summed E-state index contributed by atoms with van der Waals surface area (Å²) in [6, 6.07) is 12.6. The first-order chi connectivity index (χ1) is 13.3. The Balaban J connectivity index is 1.65. The highest BCUT2D eigenvalue weighted by molar-refractivity contribution is 7.91. The largest absolute Gasteiger partial charge is 0.382 e. The quantitative estimate of drug-likeness (QED) is 0.657. The highest BCUT2D eigenvalue weighted by Crippen LogP contribution is 2.29. The molecule has 4 rings (SSSR count). The van der Waals surface area contributed by atoms with Gasteiger partial charge in [-0.1, -0.05) is 23.7 Å². The fraction of sp³-hybridized carbons (Fsp3) is 0.333. The van der Waals surface area contributed by atoms with Crippen molar-refractivity contribution in [1.82, 2.24) is 9.88 Å². The third kappa shape index (κ3) is 3.77. The summed E-state index contributed by atoms with van der Waals surface area (Å²) in [7, 11) is -1.52. The third-order valence-corrected chi connectivity index (χ3v) is 7.36. The Labute approximate surface area is 170 Å². The number of likely N-dealkylation sites (tertiary alicyclic amines) is 1. The van der Waals surface area contributed by atoms with Gasteiger partial charge in [-0.05, 0) is 75.8 Å². The first-order valence-electron chi connectivity index (χ1n) is 9.42. The number of nitrogens with zero attached hydrogens (tertiary/aromatic N) is 1. The van der Waals surface area contributed by atoms with Crippen molar-refractivity contribution < 1.29 is 8.42 Å². The lowest BCUT2D eigenvalue weighted by molar-refractivity contribution is 0.264. The van der Waals surface area contributed by atoms with Crippen LogP contribution >= 0.6 is 11.6 Å². The van der Waals surface area contributed by atoms with Crippen LogP contribution in [-0.4, -0.2) is 44.5 Å². The molecule has 28 heavy (non-hydrogen) atoms. The lowest BCUT2D eigenvalue weighted by Crippen LogP contribution is -2.36. The molecule has 0 bridgehead atoms. The second-order valence-electron chi connectivity index (χ2n) is 7.57. The maximum Gasteiger partial charge on any atom is 0.221 e. The average Bonchev–Trinajstić information content (AvgIpc) is 3.09. The number of hydrogen-bond acceptors (Lipinski definition) is 4. The van der Waals surface area contributed by atoms with Crippen LogP contribution in [0.3, 0.4) is 0 Å². The predicted octanol–water partition coefficient (Wildman–Crippen LogP) is 4.47. The molecule has 1 aliphatic rings. The standard InChI is InChI=1S/C21H24ClN3O2S/c1-14-3-6-18(13-19(14)23-17-7-9-25(2)10-8-17)28(26,27)21-11-15-4-5-16(22)12-20(15)24-21/h3-6,11-13,17,23-24H,7-10H2,1-2H3. The molecule has 0 atom stereocenters. The minimum Gasteiger partial charge on any atom is -0.382 e. The molecule has 0 aliphatic carbocycles. The maximum atomic E-state index is 13.2. The zero-order valence-corrected chi connectivity index (χ0v) is 17.6. The summed E-state index contributed by atoms with van der Waals surface area (Å²) in [6.07, 6.45) is 2.10. The summed E-state index contributed by atoms with van der Waals surface area (Å²) in [5, 5.41) is 5.12. The molecule has 0 saturated carbocycles. The van der Waals surface area contributed by atoms with Crippen molar-refractivity contribution in [3.8, 4) is 0 Å². The number of halogens is 1. The zero-order valence-electron chi connectivity index (χ0n) is 16.0. The lowest BCUT2D eigenvalue weighted by atomic mass is 10.0. The number of hydrogen-bond donors (Lipinski definition) is 2. The van der Waals surface area contributed by atoms with Gasteiger partial charge < -0.3 is 15.2 Å². The van der Waals surface area contributed by atoms with Crippen LogP contribution in [0.25, 0.3) is 10.9 Å². The van der Waals surface area contributed by atoms with E-state index >= 15 is 0 Å². The first kappa shape index (κ1) is 19.3. The van der Waals surface area contributed by atoms with E-state index in [0.29, 0.717) is 16.6 Å². The molecule has 1 aromatic heterocycles. The van der Waals surface area contributed by atoms with Gasteiger partial charge in [0.1, 0.15) is 5.03 Å². The normalized spacial score (nSPS) is 16.5. The van der Waals surface area contributed by atoms with Crippen LogP contribution in [0.1, 0.15) is 18.4 Å². The number of nitrogens with one attached hydrogen (secondary N) is 2. The van der Waals surface area contributed by atoms with Crippen molar-refractivity contribution in [2.75, 3.05) is 25.5 Å². The molecule has 0 radical (unpaired) electrons. The molecular weight excluding hydrogens is 394 g/mol. The van der Waals surface area contributed by atoms with Crippen LogP contribution < -0.4 is 5.32 Å². The number of aromatic nitrogens is 1. The van der Waals surface area contributed by atoms with Gasteiger partial charge in [0.25, 0.3) is 0 Å². The molecule has 2 aromatic carbocycles. The highest BCUT2D eigenvalue weighted by atomic mass is 35.5. The van der Waals surface area contributed by atoms with Crippen molar-refractivity contribution in [3.63, 3.8) is 0 Å². The van der Waals surface area contributed by atoms with Gasteiger partial charge in [0, 0.05) is 27.7 Å². The van der Waals surface area contributed by atoms with Crippen LogP contribution in [0, 0.1) is 6.92 Å². The van der Waals surface area contributed by atoms with E-state index in [1.54, 1.807) is 30.3 Å². The maximum absolute atomic E-state index is 13.2. The van der Waals surface area contributed by atoms with Gasteiger partial charge in [0.05, 0.1) is 4.90 Å². The lowest BCUT2D eigenvalue weighted by Gasteiger charge is -2.30. The van der Waals surface area contributed by atoms with E-state index in [1.165, 1.54) is 0 Å². The first-order valence-corrected chi connectivity index (χ1v) is 11.3. The Kier molecular flexibility index (Phi) is 5.12. The highest BCUT2D eigenvalue weighted by Gasteiger charge is 2.22. The van der Waals surface area contributed by atoms with E-state index in [-0.39, 0.29) is 9.92 Å². The number of fused-ring (bicyclic) bond motifs is 1. The number of piperidine rings is 1. The Hall–Kier alpha value is -2.02. The van der Waals surface area contributed by atoms with Crippen molar-refractivity contribution in [2.45, 2.75) is 35.7 Å². The number of rotatable bonds is 4. The van der Waals surface area contributed by atoms with Gasteiger partial charge in [-0.3, -0.25) is 0 Å². The molecule has 1 saturated heterocycles. The van der Waals surface area contributed by atoms with Crippen molar-refractivity contribution in [1.29, 1.82) is 0 Å². The Morgan fingerprint density at radius 1 is 1.11 bits per heavy atom. The summed E-state index contributed by atoms with van der Waals surface area (Å²) in [6.45, 7) is 4.09. The average molecular weight is 418 g/mol. The van der Waals surface area contributed by atoms with Gasteiger partial charge in [0.15, 0.2) is 0 Å². The van der Waals surface area contributed by atoms with Gasteiger partial charge >= 0.3 is 0 Å². The summed E-state index contributed by atoms with van der Waals surface area (Å²) in [5.41, 5.74) is 2.64. The summed E-state index contributed by atoms with van der Waals surface area (Å²) in [4.78, 5) is 5.59. The molecule has 0 spiro atoms. The van der Waals surface area contributed by atoms with E-state index < -0.39 is 9.84 Å². The van der Waals surface area contributed by atoms with E-state index in [2.05, 4.69) is 22.2 Å². The molecule has 7 heteroatoms. The monoisotopic (exact) mass is 417 g/mol. The smallest absolute Gasteiger partial charge is 0.221 e. The van der Waals surface area contributed by atoms with Crippen molar-refractivity contribution in [3.05, 3.63) is 53.1 Å². The molecule has 0 amide bonds.